The molecule has 4 rings (SSSR count). The van der Waals surface area contributed by atoms with Gasteiger partial charge in [0, 0.05) is 16.5 Å². The van der Waals surface area contributed by atoms with Gasteiger partial charge in [0.05, 0.1) is 11.2 Å². The normalized spacial score (nSPS) is 10.9. The largest absolute Gasteiger partial charge is 0.458 e. The van der Waals surface area contributed by atoms with Crippen LogP contribution >= 0.6 is 0 Å². The summed E-state index contributed by atoms with van der Waals surface area (Å²) in [4.78, 5) is 17.1. The summed E-state index contributed by atoms with van der Waals surface area (Å²) in [6.45, 7) is 4.10. The molecule has 0 spiro atoms. The Morgan fingerprint density at radius 3 is 2.48 bits per heavy atom. The Morgan fingerprint density at radius 2 is 1.70 bits per heavy atom. The van der Waals surface area contributed by atoms with Crippen LogP contribution in [0.1, 0.15) is 17.0 Å². The van der Waals surface area contributed by atoms with Crippen LogP contribution in [-0.2, 0) is 6.61 Å². The van der Waals surface area contributed by atoms with E-state index in [9.17, 15) is 0 Å². The summed E-state index contributed by atoms with van der Waals surface area (Å²) in [5, 5.41) is 1.07. The molecule has 0 aliphatic carbocycles. The molecule has 2 aromatic heterocycles. The van der Waals surface area contributed by atoms with Gasteiger partial charge in [-0.25, -0.2) is 4.98 Å². The fourth-order valence-corrected chi connectivity index (χ4v) is 3.03. The number of anilines is 1. The molecule has 2 heterocycles. The molecule has 0 unspecified atom stereocenters. The van der Waals surface area contributed by atoms with Crippen molar-refractivity contribution in [2.45, 2.75) is 20.5 Å². The Kier molecular flexibility index (Phi) is 4.38. The van der Waals surface area contributed by atoms with Gasteiger partial charge < -0.3 is 10.5 Å². The zero-order valence-electron chi connectivity index (χ0n) is 15.2. The van der Waals surface area contributed by atoms with Gasteiger partial charge in [-0.1, -0.05) is 48.5 Å². The smallest absolute Gasteiger partial charge is 0.321 e. The molecule has 0 amide bonds. The van der Waals surface area contributed by atoms with E-state index in [1.807, 2.05) is 36.4 Å². The van der Waals surface area contributed by atoms with Crippen molar-refractivity contribution in [3.05, 3.63) is 71.5 Å². The predicted molar refractivity (Wildman–Crippen MR) is 105 cm³/mol. The van der Waals surface area contributed by atoms with Gasteiger partial charge in [-0.3, -0.25) is 0 Å². The van der Waals surface area contributed by atoms with E-state index in [1.165, 1.54) is 0 Å². The van der Waals surface area contributed by atoms with Gasteiger partial charge in [-0.15, -0.1) is 0 Å². The van der Waals surface area contributed by atoms with Crippen molar-refractivity contribution in [2.24, 2.45) is 0 Å². The summed E-state index contributed by atoms with van der Waals surface area (Å²) in [7, 11) is 0. The number of para-hydroxylation sites is 1. The Balaban J connectivity index is 1.78. The van der Waals surface area contributed by atoms with Gasteiger partial charge in [-0.2, -0.15) is 15.0 Å². The average Bonchev–Trinajstić information content (AvgIpc) is 2.66. The van der Waals surface area contributed by atoms with Crippen molar-refractivity contribution in [2.75, 3.05) is 5.73 Å². The topological polar surface area (TPSA) is 86.8 Å². The maximum absolute atomic E-state index is 5.81. The van der Waals surface area contributed by atoms with Crippen molar-refractivity contribution in [1.82, 2.24) is 19.9 Å². The third-order valence-electron chi connectivity index (χ3n) is 4.27. The molecule has 134 valence electrons. The zero-order valence-corrected chi connectivity index (χ0v) is 15.2. The number of benzene rings is 2. The van der Waals surface area contributed by atoms with Gasteiger partial charge in [-0.05, 0) is 25.5 Å². The van der Waals surface area contributed by atoms with E-state index in [0.29, 0.717) is 5.82 Å². The fourth-order valence-electron chi connectivity index (χ4n) is 3.03. The lowest BCUT2D eigenvalue weighted by Crippen LogP contribution is -2.06. The van der Waals surface area contributed by atoms with Crippen molar-refractivity contribution in [3.63, 3.8) is 0 Å². The number of hydrogen-bond acceptors (Lipinski definition) is 6. The highest BCUT2D eigenvalue weighted by atomic mass is 16.5. The van der Waals surface area contributed by atoms with Gasteiger partial charge in [0.25, 0.3) is 0 Å². The van der Waals surface area contributed by atoms with Crippen LogP contribution in [0.25, 0.3) is 22.2 Å². The number of rotatable bonds is 4. The lowest BCUT2D eigenvalue weighted by Gasteiger charge is -2.13. The number of aryl methyl sites for hydroxylation is 2. The van der Waals surface area contributed by atoms with Crippen molar-refractivity contribution in [3.8, 4) is 17.3 Å². The van der Waals surface area contributed by atoms with Crippen LogP contribution in [0.3, 0.4) is 0 Å². The Morgan fingerprint density at radius 1 is 0.889 bits per heavy atom. The average molecular weight is 357 g/mol. The van der Waals surface area contributed by atoms with Gasteiger partial charge in [0.2, 0.25) is 5.95 Å². The molecular formula is C21H19N5O. The molecule has 0 saturated carbocycles. The zero-order chi connectivity index (χ0) is 18.8. The monoisotopic (exact) mass is 357 g/mol. The molecule has 0 aliphatic heterocycles. The minimum atomic E-state index is 0.146. The van der Waals surface area contributed by atoms with Crippen LogP contribution in [0.5, 0.6) is 6.01 Å². The van der Waals surface area contributed by atoms with Crippen molar-refractivity contribution in [1.29, 1.82) is 0 Å². The highest BCUT2D eigenvalue weighted by molar-refractivity contribution is 5.85. The molecule has 0 aliphatic rings. The maximum atomic E-state index is 5.81. The number of ether oxygens (including phenoxy) is 1. The molecule has 2 aromatic carbocycles. The van der Waals surface area contributed by atoms with Crippen molar-refractivity contribution >= 4 is 16.9 Å². The first-order chi connectivity index (χ1) is 13.1. The van der Waals surface area contributed by atoms with Gasteiger partial charge >= 0.3 is 6.01 Å². The number of hydrogen-bond donors (Lipinski definition) is 1. The van der Waals surface area contributed by atoms with Crippen molar-refractivity contribution < 1.29 is 4.74 Å². The van der Waals surface area contributed by atoms with E-state index in [-0.39, 0.29) is 18.6 Å². The lowest BCUT2D eigenvalue weighted by atomic mass is 10.0. The maximum Gasteiger partial charge on any atom is 0.321 e. The molecule has 4 aromatic rings. The third-order valence-corrected chi connectivity index (χ3v) is 4.27. The predicted octanol–water partition coefficient (Wildman–Crippen LogP) is 3.86. The SMILES string of the molecule is Cc1nc(N)nc(OCc2cc3cccc(C)c3nc2-c2ccccc2)n1. The number of nitrogens with zero attached hydrogens (tertiary/aromatic N) is 4. The summed E-state index contributed by atoms with van der Waals surface area (Å²) in [5.74, 6) is 0.668. The number of aromatic nitrogens is 4. The Labute approximate surface area is 157 Å². The quantitative estimate of drug-likeness (QED) is 0.597. The molecule has 0 saturated heterocycles. The molecule has 0 fully saturated rings. The van der Waals surface area contributed by atoms with E-state index in [0.717, 1.165) is 33.3 Å². The first kappa shape index (κ1) is 16.9. The summed E-state index contributed by atoms with van der Waals surface area (Å²) < 4.78 is 5.81. The second-order valence-corrected chi connectivity index (χ2v) is 6.32. The number of nitrogen functional groups attached to an aromatic ring is 1. The first-order valence-corrected chi connectivity index (χ1v) is 8.66. The molecular weight excluding hydrogens is 338 g/mol. The number of nitrogens with two attached hydrogens (primary N) is 1. The van der Waals surface area contributed by atoms with Crippen LogP contribution in [0, 0.1) is 13.8 Å². The molecule has 6 heteroatoms. The highest BCUT2D eigenvalue weighted by Gasteiger charge is 2.12. The van der Waals surface area contributed by atoms with E-state index in [2.05, 4.69) is 40.1 Å². The molecule has 27 heavy (non-hydrogen) atoms. The molecule has 2 N–H and O–H groups in total. The second-order valence-electron chi connectivity index (χ2n) is 6.32. The first-order valence-electron chi connectivity index (χ1n) is 8.66. The van der Waals surface area contributed by atoms with Crippen LogP contribution in [0.15, 0.2) is 54.6 Å². The van der Waals surface area contributed by atoms with Gasteiger partial charge in [0.15, 0.2) is 0 Å². The standard InChI is InChI=1S/C21H19N5O/c1-13-7-6-10-16-11-17(12-27-21-24-14(2)23-20(22)26-21)19(25-18(13)16)15-8-4-3-5-9-15/h3-11H,12H2,1-2H3,(H2,22,23,24,26). The third kappa shape index (κ3) is 3.55. The molecule has 0 radical (unpaired) electrons. The van der Waals surface area contributed by atoms with E-state index < -0.39 is 0 Å². The summed E-state index contributed by atoms with van der Waals surface area (Å²) in [6.07, 6.45) is 0. The molecule has 0 atom stereocenters. The van der Waals surface area contributed by atoms with Crippen LogP contribution in [-0.4, -0.2) is 19.9 Å². The van der Waals surface area contributed by atoms with Crippen LogP contribution in [0.4, 0.5) is 5.95 Å². The lowest BCUT2D eigenvalue weighted by molar-refractivity contribution is 0.279. The van der Waals surface area contributed by atoms with E-state index in [4.69, 9.17) is 15.5 Å². The minimum absolute atomic E-state index is 0.146. The van der Waals surface area contributed by atoms with E-state index >= 15 is 0 Å². The summed E-state index contributed by atoms with van der Waals surface area (Å²) in [6, 6.07) is 18.5. The summed E-state index contributed by atoms with van der Waals surface area (Å²) >= 11 is 0. The fraction of sp³-hybridized carbons (Fsp3) is 0.143. The number of pyridine rings is 1. The second kappa shape index (κ2) is 6.99. The van der Waals surface area contributed by atoms with Crippen LogP contribution in [0.2, 0.25) is 0 Å². The van der Waals surface area contributed by atoms with Gasteiger partial charge in [0.1, 0.15) is 12.4 Å². The van der Waals surface area contributed by atoms with Crippen LogP contribution < -0.4 is 10.5 Å². The molecule has 6 nitrogen and oxygen atoms in total. The van der Waals surface area contributed by atoms with E-state index in [1.54, 1.807) is 6.92 Å². The number of fused-ring (bicyclic) bond motifs is 1. The minimum Gasteiger partial charge on any atom is -0.458 e. The molecule has 0 bridgehead atoms. The Bertz CT molecular complexity index is 1090. The Hall–Kier alpha value is -3.54. The highest BCUT2D eigenvalue weighted by Crippen LogP contribution is 2.28. The summed E-state index contributed by atoms with van der Waals surface area (Å²) in [5.41, 5.74) is 10.7.